The molecule has 1 aromatic carbocycles. The molecule has 5 heteroatoms. The molecule has 2 nitrogen and oxygen atoms in total. The van der Waals surface area contributed by atoms with Crippen LogP contribution < -0.4 is 10.1 Å². The van der Waals surface area contributed by atoms with Crippen LogP contribution in [0.25, 0.3) is 0 Å². The molecule has 1 atom stereocenters. The third-order valence-corrected chi connectivity index (χ3v) is 4.45. The van der Waals surface area contributed by atoms with Gasteiger partial charge in [-0.2, -0.15) is 0 Å². The Hall–Kier alpha value is -1.10. The summed E-state index contributed by atoms with van der Waals surface area (Å²) in [6.07, 6.45) is 0.963. The minimum absolute atomic E-state index is 0.249. The van der Waals surface area contributed by atoms with Crippen LogP contribution in [-0.2, 0) is 0 Å². The molecule has 1 heterocycles. The van der Waals surface area contributed by atoms with E-state index in [1.165, 1.54) is 18.4 Å². The number of hydrogen-bond donors (Lipinski definition) is 1. The van der Waals surface area contributed by atoms with Gasteiger partial charge in [-0.25, -0.2) is 4.39 Å². The molecule has 2 aromatic rings. The Morgan fingerprint density at radius 1 is 1.40 bits per heavy atom. The number of thiophene rings is 1. The average molecular weight is 314 g/mol. The van der Waals surface area contributed by atoms with Crippen molar-refractivity contribution >= 4 is 22.9 Å². The highest BCUT2D eigenvalue weighted by atomic mass is 35.5. The van der Waals surface area contributed by atoms with Gasteiger partial charge in [0.05, 0.1) is 18.2 Å². The largest absolute Gasteiger partial charge is 0.494 e. The van der Waals surface area contributed by atoms with E-state index in [2.05, 4.69) is 12.2 Å². The summed E-state index contributed by atoms with van der Waals surface area (Å²) >= 11 is 7.73. The Bertz CT molecular complexity index is 573. The summed E-state index contributed by atoms with van der Waals surface area (Å²) in [7, 11) is 1.47. The quantitative estimate of drug-likeness (QED) is 0.839. The van der Waals surface area contributed by atoms with Crippen molar-refractivity contribution in [3.63, 3.8) is 0 Å². The Balaban J connectivity index is 2.44. The summed E-state index contributed by atoms with van der Waals surface area (Å²) in [5, 5.41) is 5.92. The van der Waals surface area contributed by atoms with Crippen molar-refractivity contribution in [1.82, 2.24) is 5.32 Å². The van der Waals surface area contributed by atoms with Crippen LogP contribution in [0.1, 0.15) is 29.8 Å². The van der Waals surface area contributed by atoms with Gasteiger partial charge in [0, 0.05) is 10.4 Å². The van der Waals surface area contributed by atoms with Crippen LogP contribution in [0.3, 0.4) is 0 Å². The van der Waals surface area contributed by atoms with Crippen molar-refractivity contribution in [2.24, 2.45) is 0 Å². The fourth-order valence-corrected chi connectivity index (χ4v) is 3.31. The smallest absolute Gasteiger partial charge is 0.170 e. The first-order valence-corrected chi connectivity index (χ1v) is 7.73. The topological polar surface area (TPSA) is 21.3 Å². The van der Waals surface area contributed by atoms with E-state index < -0.39 is 0 Å². The first-order valence-electron chi connectivity index (χ1n) is 6.47. The Kier molecular flexibility index (Phi) is 5.40. The fraction of sp³-hybridized carbons (Fsp3) is 0.333. The maximum atomic E-state index is 14.5. The Labute approximate surface area is 127 Å². The monoisotopic (exact) mass is 313 g/mol. The molecule has 0 aliphatic carbocycles. The second kappa shape index (κ2) is 7.07. The lowest BCUT2D eigenvalue weighted by Crippen LogP contribution is -2.23. The van der Waals surface area contributed by atoms with E-state index in [4.69, 9.17) is 16.3 Å². The Morgan fingerprint density at radius 3 is 2.80 bits per heavy atom. The van der Waals surface area contributed by atoms with Gasteiger partial charge in [-0.3, -0.25) is 0 Å². The number of halogens is 2. The summed E-state index contributed by atoms with van der Waals surface area (Å²) in [6.45, 7) is 2.86. The molecule has 108 valence electrons. The van der Waals surface area contributed by atoms with Crippen molar-refractivity contribution in [2.45, 2.75) is 19.4 Å². The molecule has 1 unspecified atom stereocenters. The highest BCUT2D eigenvalue weighted by Gasteiger charge is 2.22. The van der Waals surface area contributed by atoms with Gasteiger partial charge in [0.1, 0.15) is 0 Å². The summed E-state index contributed by atoms with van der Waals surface area (Å²) in [5.74, 6) is -0.0912. The molecule has 0 spiro atoms. The van der Waals surface area contributed by atoms with Crippen LogP contribution in [0, 0.1) is 5.82 Å². The molecule has 2 rings (SSSR count). The molecule has 0 bridgehead atoms. The lowest BCUT2D eigenvalue weighted by Gasteiger charge is -2.20. The van der Waals surface area contributed by atoms with Gasteiger partial charge in [0.25, 0.3) is 0 Å². The summed E-state index contributed by atoms with van der Waals surface area (Å²) < 4.78 is 19.5. The van der Waals surface area contributed by atoms with Crippen LogP contribution >= 0.6 is 22.9 Å². The second-order valence-electron chi connectivity index (χ2n) is 4.38. The molecule has 0 saturated carbocycles. The normalized spacial score (nSPS) is 12.4. The minimum atomic E-state index is -0.340. The van der Waals surface area contributed by atoms with Gasteiger partial charge in [-0.15, -0.1) is 11.3 Å². The zero-order valence-electron chi connectivity index (χ0n) is 11.5. The van der Waals surface area contributed by atoms with Crippen LogP contribution in [0.15, 0.2) is 29.6 Å². The van der Waals surface area contributed by atoms with Crippen molar-refractivity contribution in [2.75, 3.05) is 13.7 Å². The molecule has 0 saturated heterocycles. The predicted octanol–water partition coefficient (Wildman–Crippen LogP) is 4.64. The van der Waals surface area contributed by atoms with Gasteiger partial charge >= 0.3 is 0 Å². The van der Waals surface area contributed by atoms with E-state index in [0.29, 0.717) is 10.6 Å². The molecule has 1 aromatic heterocycles. The van der Waals surface area contributed by atoms with Crippen LogP contribution in [-0.4, -0.2) is 13.7 Å². The third kappa shape index (κ3) is 3.14. The fourth-order valence-electron chi connectivity index (χ4n) is 2.05. The predicted molar refractivity (Wildman–Crippen MR) is 82.4 cm³/mol. The average Bonchev–Trinajstić information content (AvgIpc) is 2.87. The Morgan fingerprint density at radius 2 is 2.20 bits per heavy atom. The lowest BCUT2D eigenvalue weighted by molar-refractivity contribution is 0.381. The van der Waals surface area contributed by atoms with E-state index in [9.17, 15) is 4.39 Å². The number of ether oxygens (including phenoxy) is 1. The van der Waals surface area contributed by atoms with Gasteiger partial charge in [0.2, 0.25) is 0 Å². The van der Waals surface area contributed by atoms with E-state index >= 15 is 0 Å². The van der Waals surface area contributed by atoms with Crippen LogP contribution in [0.4, 0.5) is 4.39 Å². The zero-order valence-corrected chi connectivity index (χ0v) is 13.0. The van der Waals surface area contributed by atoms with Crippen LogP contribution in [0.5, 0.6) is 5.75 Å². The standard InChI is InChI=1S/C15H17ClFNOS/c1-3-8-18-14(15-11(16)7-9-20-15)10-5-4-6-12(19-2)13(10)17/h4-7,9,14,18H,3,8H2,1-2H3. The summed E-state index contributed by atoms with van der Waals surface area (Å²) in [6, 6.07) is 6.75. The van der Waals surface area contributed by atoms with Gasteiger partial charge in [-0.05, 0) is 30.5 Å². The van der Waals surface area contributed by atoms with Gasteiger partial charge < -0.3 is 10.1 Å². The number of nitrogens with one attached hydrogen (secondary N) is 1. The number of methoxy groups -OCH3 is 1. The minimum Gasteiger partial charge on any atom is -0.494 e. The number of hydrogen-bond acceptors (Lipinski definition) is 3. The SMILES string of the molecule is CCCNC(c1cccc(OC)c1F)c1sccc1Cl. The molecule has 1 N–H and O–H groups in total. The van der Waals surface area contributed by atoms with E-state index in [1.807, 2.05) is 11.4 Å². The highest BCUT2D eigenvalue weighted by Crippen LogP contribution is 2.35. The number of rotatable bonds is 6. The third-order valence-electron chi connectivity index (χ3n) is 3.03. The first kappa shape index (κ1) is 15.3. The molecule has 0 fully saturated rings. The summed E-state index contributed by atoms with van der Waals surface area (Å²) in [5.41, 5.74) is 0.558. The van der Waals surface area contributed by atoms with Crippen LogP contribution in [0.2, 0.25) is 5.02 Å². The second-order valence-corrected chi connectivity index (χ2v) is 5.74. The molecule has 20 heavy (non-hydrogen) atoms. The lowest BCUT2D eigenvalue weighted by atomic mass is 10.0. The van der Waals surface area contributed by atoms with Crippen molar-refractivity contribution in [1.29, 1.82) is 0 Å². The molecule has 0 aliphatic heterocycles. The molecular weight excluding hydrogens is 297 g/mol. The van der Waals surface area contributed by atoms with Crippen molar-refractivity contribution < 1.29 is 9.13 Å². The number of benzene rings is 1. The molecule has 0 aliphatic rings. The van der Waals surface area contributed by atoms with E-state index in [0.717, 1.165) is 17.8 Å². The highest BCUT2D eigenvalue weighted by molar-refractivity contribution is 7.10. The zero-order chi connectivity index (χ0) is 14.5. The van der Waals surface area contributed by atoms with Gasteiger partial charge in [-0.1, -0.05) is 30.7 Å². The molecular formula is C15H17ClFNOS. The van der Waals surface area contributed by atoms with E-state index in [-0.39, 0.29) is 17.6 Å². The maximum Gasteiger partial charge on any atom is 0.170 e. The van der Waals surface area contributed by atoms with E-state index in [1.54, 1.807) is 18.2 Å². The summed E-state index contributed by atoms with van der Waals surface area (Å²) in [4.78, 5) is 0.923. The van der Waals surface area contributed by atoms with Crippen molar-refractivity contribution in [3.8, 4) is 5.75 Å². The van der Waals surface area contributed by atoms with Gasteiger partial charge in [0.15, 0.2) is 11.6 Å². The first-order chi connectivity index (χ1) is 9.69. The maximum absolute atomic E-state index is 14.5. The molecule has 0 amide bonds. The van der Waals surface area contributed by atoms with Crippen molar-refractivity contribution in [3.05, 3.63) is 50.9 Å². The molecule has 0 radical (unpaired) electrons.